The highest BCUT2D eigenvalue weighted by Crippen LogP contribution is 2.22. The third kappa shape index (κ3) is 3.04. The molecule has 0 aliphatic carbocycles. The van der Waals surface area contributed by atoms with Gasteiger partial charge in [-0.1, -0.05) is 18.5 Å². The van der Waals surface area contributed by atoms with Crippen LogP contribution in [0, 0.1) is 6.92 Å². The molecule has 0 fully saturated rings. The number of rotatable bonds is 6. The summed E-state index contributed by atoms with van der Waals surface area (Å²) in [6.45, 7) is 9.48. The predicted molar refractivity (Wildman–Crippen MR) is 78.8 cm³/mol. The van der Waals surface area contributed by atoms with Gasteiger partial charge in [-0.3, -0.25) is 4.68 Å². The number of hydrogen-bond acceptors (Lipinski definition) is 4. The number of aromatic nitrogens is 3. The minimum atomic E-state index is 0.0325. The van der Waals surface area contributed by atoms with Crippen LogP contribution in [0.2, 0.25) is 5.02 Å². The molecule has 110 valence electrons. The van der Waals surface area contributed by atoms with Gasteiger partial charge in [0.15, 0.2) is 0 Å². The summed E-state index contributed by atoms with van der Waals surface area (Å²) < 4.78 is 7.46. The van der Waals surface area contributed by atoms with Gasteiger partial charge in [-0.05, 0) is 27.2 Å². The van der Waals surface area contributed by atoms with Crippen molar-refractivity contribution in [3.05, 3.63) is 34.3 Å². The number of oxazole rings is 1. The van der Waals surface area contributed by atoms with Gasteiger partial charge in [0.25, 0.3) is 0 Å². The van der Waals surface area contributed by atoms with Crippen molar-refractivity contribution < 1.29 is 4.42 Å². The van der Waals surface area contributed by atoms with Crippen molar-refractivity contribution in [1.82, 2.24) is 20.1 Å². The lowest BCUT2D eigenvalue weighted by atomic mass is 10.2. The Morgan fingerprint density at radius 1 is 1.45 bits per heavy atom. The van der Waals surface area contributed by atoms with Gasteiger partial charge in [0.05, 0.1) is 28.6 Å². The third-order valence-corrected chi connectivity index (χ3v) is 3.72. The average Bonchev–Trinajstić information content (AvgIpc) is 3.00. The van der Waals surface area contributed by atoms with E-state index in [1.807, 2.05) is 18.5 Å². The van der Waals surface area contributed by atoms with Gasteiger partial charge in [0.2, 0.25) is 5.89 Å². The molecule has 2 rings (SSSR count). The minimum absolute atomic E-state index is 0.0325. The zero-order valence-electron chi connectivity index (χ0n) is 12.4. The maximum Gasteiger partial charge on any atom is 0.211 e. The molecule has 0 radical (unpaired) electrons. The Balaban J connectivity index is 2.08. The Kier molecular flexibility index (Phi) is 4.83. The maximum absolute atomic E-state index is 6.38. The molecule has 0 saturated heterocycles. The Morgan fingerprint density at radius 2 is 2.20 bits per heavy atom. The lowest BCUT2D eigenvalue weighted by molar-refractivity contribution is 0.398. The lowest BCUT2D eigenvalue weighted by Crippen LogP contribution is -2.20. The molecule has 5 nitrogen and oxygen atoms in total. The van der Waals surface area contributed by atoms with Gasteiger partial charge in [-0.25, -0.2) is 4.98 Å². The van der Waals surface area contributed by atoms with Crippen molar-refractivity contribution in [2.45, 2.75) is 53.2 Å². The van der Waals surface area contributed by atoms with E-state index >= 15 is 0 Å². The number of halogens is 1. The lowest BCUT2D eigenvalue weighted by Gasteiger charge is -2.11. The molecule has 6 heteroatoms. The molecule has 0 aliphatic heterocycles. The van der Waals surface area contributed by atoms with Crippen molar-refractivity contribution in [1.29, 1.82) is 0 Å². The third-order valence-electron chi connectivity index (χ3n) is 3.28. The zero-order valence-corrected chi connectivity index (χ0v) is 13.2. The predicted octanol–water partition coefficient (Wildman–Crippen LogP) is 3.27. The molecular weight excluding hydrogens is 276 g/mol. The highest BCUT2D eigenvalue weighted by molar-refractivity contribution is 6.31. The van der Waals surface area contributed by atoms with Gasteiger partial charge in [-0.15, -0.1) is 0 Å². The van der Waals surface area contributed by atoms with Crippen LogP contribution in [0.4, 0.5) is 0 Å². The Bertz CT molecular complexity index is 576. The quantitative estimate of drug-likeness (QED) is 0.889. The van der Waals surface area contributed by atoms with Crippen LogP contribution in [0.25, 0.3) is 0 Å². The summed E-state index contributed by atoms with van der Waals surface area (Å²) in [6, 6.07) is 0.0325. The summed E-state index contributed by atoms with van der Waals surface area (Å²) >= 11 is 6.38. The zero-order chi connectivity index (χ0) is 14.7. The summed E-state index contributed by atoms with van der Waals surface area (Å²) in [5, 5.41) is 8.65. The van der Waals surface area contributed by atoms with E-state index in [4.69, 9.17) is 16.0 Å². The first-order chi connectivity index (χ1) is 9.56. The van der Waals surface area contributed by atoms with Gasteiger partial charge in [0, 0.05) is 13.1 Å². The van der Waals surface area contributed by atoms with E-state index in [1.54, 1.807) is 6.20 Å². The Hall–Kier alpha value is -1.33. The normalized spacial score (nSPS) is 12.8. The summed E-state index contributed by atoms with van der Waals surface area (Å²) in [4.78, 5) is 4.23. The highest BCUT2D eigenvalue weighted by atomic mass is 35.5. The van der Waals surface area contributed by atoms with Gasteiger partial charge in [-0.2, -0.15) is 5.10 Å². The molecule has 20 heavy (non-hydrogen) atoms. The molecular formula is C14H21ClN4O. The van der Waals surface area contributed by atoms with Crippen LogP contribution in [-0.2, 0) is 19.5 Å². The Labute approximate surface area is 124 Å². The van der Waals surface area contributed by atoms with Gasteiger partial charge in [0.1, 0.15) is 5.76 Å². The van der Waals surface area contributed by atoms with Gasteiger partial charge < -0.3 is 9.73 Å². The van der Waals surface area contributed by atoms with Crippen LogP contribution in [0.1, 0.15) is 49.9 Å². The standard InChI is InChI=1S/C14H21ClN4O/c1-5-11-13(15)12(19(6-2)18-11)8-16-10(4)14-17-7-9(3)20-14/h7,10,16H,5-6,8H2,1-4H3. The maximum atomic E-state index is 6.38. The molecule has 0 spiro atoms. The van der Waals surface area contributed by atoms with E-state index in [1.165, 1.54) is 0 Å². The van der Waals surface area contributed by atoms with Crippen LogP contribution in [0.5, 0.6) is 0 Å². The summed E-state index contributed by atoms with van der Waals surface area (Å²) in [6.07, 6.45) is 2.57. The second-order valence-corrected chi connectivity index (χ2v) is 5.17. The van der Waals surface area contributed by atoms with Crippen molar-refractivity contribution in [2.24, 2.45) is 0 Å². The van der Waals surface area contributed by atoms with Crippen LogP contribution in [0.15, 0.2) is 10.6 Å². The monoisotopic (exact) mass is 296 g/mol. The number of aryl methyl sites for hydroxylation is 3. The highest BCUT2D eigenvalue weighted by Gasteiger charge is 2.16. The van der Waals surface area contributed by atoms with E-state index in [2.05, 4.69) is 29.2 Å². The number of nitrogens with one attached hydrogen (secondary N) is 1. The summed E-state index contributed by atoms with van der Waals surface area (Å²) in [5.74, 6) is 1.51. The number of nitrogens with zero attached hydrogens (tertiary/aromatic N) is 3. The first kappa shape index (κ1) is 15.1. The summed E-state index contributed by atoms with van der Waals surface area (Å²) in [5.41, 5.74) is 1.96. The second kappa shape index (κ2) is 6.41. The van der Waals surface area contributed by atoms with Crippen LogP contribution in [-0.4, -0.2) is 14.8 Å². The molecule has 0 aliphatic rings. The molecule has 0 amide bonds. The molecule has 1 N–H and O–H groups in total. The topological polar surface area (TPSA) is 55.9 Å². The summed E-state index contributed by atoms with van der Waals surface area (Å²) in [7, 11) is 0. The Morgan fingerprint density at radius 3 is 2.75 bits per heavy atom. The number of hydrogen-bond donors (Lipinski definition) is 1. The van der Waals surface area contributed by atoms with E-state index in [9.17, 15) is 0 Å². The van der Waals surface area contributed by atoms with Crippen molar-refractivity contribution in [2.75, 3.05) is 0 Å². The molecule has 1 atom stereocenters. The van der Waals surface area contributed by atoms with E-state index in [0.717, 1.165) is 35.1 Å². The fourth-order valence-electron chi connectivity index (χ4n) is 2.10. The molecule has 1 unspecified atom stereocenters. The van der Waals surface area contributed by atoms with Crippen LogP contribution < -0.4 is 5.32 Å². The van der Waals surface area contributed by atoms with E-state index in [0.29, 0.717) is 12.4 Å². The van der Waals surface area contributed by atoms with Crippen molar-refractivity contribution in [3.8, 4) is 0 Å². The first-order valence-corrected chi connectivity index (χ1v) is 7.34. The SMILES string of the molecule is CCc1nn(CC)c(CNC(C)c2ncc(C)o2)c1Cl. The molecule has 2 heterocycles. The van der Waals surface area contributed by atoms with Crippen LogP contribution in [0.3, 0.4) is 0 Å². The molecule has 0 aromatic carbocycles. The van der Waals surface area contributed by atoms with E-state index in [-0.39, 0.29) is 6.04 Å². The molecule has 2 aromatic heterocycles. The van der Waals surface area contributed by atoms with Crippen molar-refractivity contribution >= 4 is 11.6 Å². The molecule has 0 bridgehead atoms. The van der Waals surface area contributed by atoms with Gasteiger partial charge >= 0.3 is 0 Å². The fourth-order valence-corrected chi connectivity index (χ4v) is 2.43. The molecule has 0 saturated carbocycles. The molecule has 2 aromatic rings. The fraction of sp³-hybridized carbons (Fsp3) is 0.571. The smallest absolute Gasteiger partial charge is 0.211 e. The minimum Gasteiger partial charge on any atom is -0.444 e. The van der Waals surface area contributed by atoms with Crippen LogP contribution >= 0.6 is 11.6 Å². The van der Waals surface area contributed by atoms with E-state index < -0.39 is 0 Å². The van der Waals surface area contributed by atoms with Crippen molar-refractivity contribution in [3.63, 3.8) is 0 Å². The second-order valence-electron chi connectivity index (χ2n) is 4.79. The largest absolute Gasteiger partial charge is 0.444 e. The average molecular weight is 297 g/mol. The first-order valence-electron chi connectivity index (χ1n) is 6.96.